The van der Waals surface area contributed by atoms with Crippen LogP contribution in [0.5, 0.6) is 0 Å². The number of hydrogen-bond donors (Lipinski definition) is 1. The van der Waals surface area contributed by atoms with Crippen molar-refractivity contribution in [3.63, 3.8) is 0 Å². The van der Waals surface area contributed by atoms with Gasteiger partial charge in [-0.3, -0.25) is 9.98 Å². The monoisotopic (exact) mass is 220 g/mol. The van der Waals surface area contributed by atoms with E-state index >= 15 is 0 Å². The summed E-state index contributed by atoms with van der Waals surface area (Å²) in [6.45, 7) is 0. The van der Waals surface area contributed by atoms with Gasteiger partial charge in [0.25, 0.3) is 0 Å². The maximum Gasteiger partial charge on any atom is 0.358 e. The van der Waals surface area contributed by atoms with Gasteiger partial charge in [-0.05, 0) is 0 Å². The number of hydrogen-bond acceptors (Lipinski definition) is 6. The lowest BCUT2D eigenvalue weighted by atomic mass is 10.2. The summed E-state index contributed by atoms with van der Waals surface area (Å²) >= 11 is 0. The molecular weight excluding hydrogens is 208 g/mol. The summed E-state index contributed by atoms with van der Waals surface area (Å²) in [4.78, 5) is 22.9. The Morgan fingerprint density at radius 3 is 2.50 bits per heavy atom. The van der Waals surface area contributed by atoms with Crippen LogP contribution in [0.2, 0.25) is 0 Å². The van der Waals surface area contributed by atoms with Gasteiger partial charge in [0.1, 0.15) is 0 Å². The zero-order chi connectivity index (χ0) is 12.0. The van der Waals surface area contributed by atoms with Crippen LogP contribution in [0.1, 0.15) is 16.2 Å². The van der Waals surface area contributed by atoms with Crippen molar-refractivity contribution in [3.8, 4) is 0 Å². The predicted molar refractivity (Wildman–Crippen MR) is 60.0 cm³/mol. The molecule has 6 heteroatoms. The second kappa shape index (κ2) is 5.59. The third-order valence-corrected chi connectivity index (χ3v) is 1.79. The Morgan fingerprint density at radius 1 is 1.44 bits per heavy atom. The van der Waals surface area contributed by atoms with Crippen LogP contribution in [-0.4, -0.2) is 36.3 Å². The molecule has 1 heterocycles. The van der Waals surface area contributed by atoms with Crippen molar-refractivity contribution in [2.45, 2.75) is 0 Å². The van der Waals surface area contributed by atoms with E-state index in [0.29, 0.717) is 11.3 Å². The van der Waals surface area contributed by atoms with Gasteiger partial charge in [-0.2, -0.15) is 0 Å². The summed E-state index contributed by atoms with van der Waals surface area (Å²) in [6, 6.07) is 0. The Bertz CT molecular complexity index is 423. The number of ether oxygens (including phenoxy) is 1. The average molecular weight is 220 g/mol. The molecule has 0 radical (unpaired) electrons. The summed E-state index contributed by atoms with van der Waals surface area (Å²) in [7, 11) is 2.91. The first-order valence-electron chi connectivity index (χ1n) is 4.47. The number of aromatic nitrogens is 2. The number of nitrogens with zero attached hydrogens (tertiary/aromatic N) is 3. The molecule has 1 rings (SSSR count). The van der Waals surface area contributed by atoms with E-state index in [1.54, 1.807) is 13.3 Å². The van der Waals surface area contributed by atoms with Crippen LogP contribution in [0, 0.1) is 0 Å². The lowest BCUT2D eigenvalue weighted by molar-refractivity contribution is 0.0593. The van der Waals surface area contributed by atoms with Gasteiger partial charge in [0.05, 0.1) is 25.2 Å². The molecule has 0 aromatic carbocycles. The van der Waals surface area contributed by atoms with Crippen LogP contribution < -0.4 is 5.73 Å². The van der Waals surface area contributed by atoms with Gasteiger partial charge >= 0.3 is 5.97 Å². The molecule has 1 aromatic heterocycles. The molecule has 16 heavy (non-hydrogen) atoms. The smallest absolute Gasteiger partial charge is 0.358 e. The Kier molecular flexibility index (Phi) is 4.14. The number of carbonyl (C=O) groups excluding carboxylic acids is 1. The number of esters is 1. The van der Waals surface area contributed by atoms with Crippen LogP contribution in [0.4, 0.5) is 0 Å². The Hall–Kier alpha value is -2.24. The Labute approximate surface area is 92.9 Å². The zero-order valence-electron chi connectivity index (χ0n) is 9.04. The van der Waals surface area contributed by atoms with Crippen LogP contribution in [0.15, 0.2) is 23.6 Å². The van der Waals surface area contributed by atoms with Gasteiger partial charge in [0.2, 0.25) is 0 Å². The first-order valence-corrected chi connectivity index (χ1v) is 4.47. The van der Waals surface area contributed by atoms with Gasteiger partial charge in [-0.15, -0.1) is 0 Å². The summed E-state index contributed by atoms with van der Waals surface area (Å²) < 4.78 is 4.50. The average Bonchev–Trinajstić information content (AvgIpc) is 2.35. The van der Waals surface area contributed by atoms with Crippen LogP contribution >= 0.6 is 0 Å². The van der Waals surface area contributed by atoms with E-state index in [1.165, 1.54) is 25.7 Å². The molecule has 0 saturated heterocycles. The minimum absolute atomic E-state index is 0.149. The largest absolute Gasteiger partial charge is 0.464 e. The van der Waals surface area contributed by atoms with Crippen molar-refractivity contribution >= 4 is 17.8 Å². The number of aliphatic imine (C=N–C) groups is 1. The number of methoxy groups -OCH3 is 1. The fourth-order valence-electron chi connectivity index (χ4n) is 1.02. The van der Waals surface area contributed by atoms with Gasteiger partial charge in [-0.25, -0.2) is 9.78 Å². The van der Waals surface area contributed by atoms with E-state index in [2.05, 4.69) is 19.7 Å². The Balaban J connectivity index is 2.98. The van der Waals surface area contributed by atoms with Crippen molar-refractivity contribution in [2.75, 3.05) is 14.2 Å². The van der Waals surface area contributed by atoms with Crippen molar-refractivity contribution < 1.29 is 9.53 Å². The molecular formula is C10H12N4O2. The third-order valence-electron chi connectivity index (χ3n) is 1.79. The molecule has 0 unspecified atom stereocenters. The molecule has 0 saturated carbocycles. The summed E-state index contributed by atoms with van der Waals surface area (Å²) in [5, 5.41) is 0. The van der Waals surface area contributed by atoms with E-state index < -0.39 is 5.97 Å². The first-order chi connectivity index (χ1) is 7.72. The molecule has 0 amide bonds. The summed E-state index contributed by atoms with van der Waals surface area (Å²) in [6.07, 6.45) is 5.69. The minimum Gasteiger partial charge on any atom is -0.464 e. The molecule has 0 aliphatic heterocycles. The normalized spacial score (nSPS) is 11.8. The van der Waals surface area contributed by atoms with Gasteiger partial charge in [0, 0.05) is 25.0 Å². The molecule has 0 fully saturated rings. The molecule has 6 nitrogen and oxygen atoms in total. The molecule has 2 N–H and O–H groups in total. The van der Waals surface area contributed by atoms with Crippen molar-refractivity contribution in [1.29, 1.82) is 0 Å². The molecule has 0 aliphatic rings. The van der Waals surface area contributed by atoms with E-state index in [9.17, 15) is 4.79 Å². The van der Waals surface area contributed by atoms with E-state index in [0.717, 1.165) is 0 Å². The van der Waals surface area contributed by atoms with Crippen LogP contribution in [0.3, 0.4) is 0 Å². The second-order valence-electron chi connectivity index (χ2n) is 2.79. The highest BCUT2D eigenvalue weighted by molar-refractivity contribution is 6.08. The molecule has 0 aliphatic carbocycles. The fraction of sp³-hybridized carbons (Fsp3) is 0.200. The number of allylic oxidation sites excluding steroid dienone is 1. The summed E-state index contributed by atoms with van der Waals surface area (Å²) in [5.41, 5.74) is 6.72. The maximum atomic E-state index is 11.1. The highest BCUT2D eigenvalue weighted by Gasteiger charge is 2.08. The first kappa shape index (κ1) is 11.8. The van der Waals surface area contributed by atoms with Crippen LogP contribution in [-0.2, 0) is 4.74 Å². The molecule has 0 spiro atoms. The van der Waals surface area contributed by atoms with Crippen molar-refractivity contribution in [1.82, 2.24) is 9.97 Å². The third kappa shape index (κ3) is 2.63. The quantitative estimate of drug-likeness (QED) is 0.583. The number of nitrogens with two attached hydrogens (primary N) is 1. The SMILES string of the molecule is CN=CC(=CN)c1cnc(C(=O)OC)cn1. The molecule has 0 atom stereocenters. The van der Waals surface area contributed by atoms with Gasteiger partial charge in [-0.1, -0.05) is 0 Å². The Morgan fingerprint density at radius 2 is 2.06 bits per heavy atom. The van der Waals surface area contributed by atoms with E-state index in [1.807, 2.05) is 0 Å². The zero-order valence-corrected chi connectivity index (χ0v) is 9.04. The topological polar surface area (TPSA) is 90.5 Å². The predicted octanol–water partition coefficient (Wildman–Crippen LogP) is 0.263. The molecule has 0 bridgehead atoms. The highest BCUT2D eigenvalue weighted by Crippen LogP contribution is 2.07. The van der Waals surface area contributed by atoms with Crippen molar-refractivity contribution in [3.05, 3.63) is 30.0 Å². The lowest BCUT2D eigenvalue weighted by Gasteiger charge is -2.01. The van der Waals surface area contributed by atoms with E-state index in [4.69, 9.17) is 5.73 Å². The lowest BCUT2D eigenvalue weighted by Crippen LogP contribution is -2.06. The van der Waals surface area contributed by atoms with Gasteiger partial charge in [0.15, 0.2) is 5.69 Å². The number of rotatable bonds is 3. The summed E-state index contributed by atoms with van der Waals surface area (Å²) in [5.74, 6) is -0.526. The van der Waals surface area contributed by atoms with E-state index in [-0.39, 0.29) is 5.69 Å². The maximum absolute atomic E-state index is 11.1. The highest BCUT2D eigenvalue weighted by atomic mass is 16.5. The number of carbonyl (C=O) groups is 1. The standard InChI is InChI=1S/C10H12N4O2/c1-12-4-7(3-11)8-5-14-9(6-13-8)10(15)16-2/h3-6H,11H2,1-2H3. The molecule has 1 aromatic rings. The molecule has 84 valence electrons. The second-order valence-corrected chi connectivity index (χ2v) is 2.79. The fourth-order valence-corrected chi connectivity index (χ4v) is 1.02. The van der Waals surface area contributed by atoms with Gasteiger partial charge < -0.3 is 10.5 Å². The minimum atomic E-state index is -0.526. The van der Waals surface area contributed by atoms with Crippen molar-refractivity contribution in [2.24, 2.45) is 10.7 Å². The van der Waals surface area contributed by atoms with Crippen LogP contribution in [0.25, 0.3) is 5.57 Å².